The number of anilines is 2. The smallest absolute Gasteiger partial charge is 0.337 e. The van der Waals surface area contributed by atoms with E-state index >= 15 is 0 Å². The van der Waals surface area contributed by atoms with Crippen molar-refractivity contribution >= 4 is 56.5 Å². The molecule has 1 amide bonds. The number of aryl methyl sites for hydroxylation is 1. The van der Waals surface area contributed by atoms with Crippen LogP contribution in [0.1, 0.15) is 15.9 Å². The first kappa shape index (κ1) is 24.6. The minimum Gasteiger partial charge on any atom is -0.465 e. The molecule has 0 saturated heterocycles. The number of hydrogen-bond donors (Lipinski definition) is 1. The molecule has 3 rings (SSSR count). The summed E-state index contributed by atoms with van der Waals surface area (Å²) >= 11 is 12.2. The first-order valence-corrected chi connectivity index (χ1v) is 11.8. The highest BCUT2D eigenvalue weighted by Gasteiger charge is 2.28. The lowest BCUT2D eigenvalue weighted by Crippen LogP contribution is -2.38. The van der Waals surface area contributed by atoms with Crippen LogP contribution in [-0.4, -0.2) is 33.9 Å². The Morgan fingerprint density at radius 3 is 2.06 bits per heavy atom. The van der Waals surface area contributed by atoms with Crippen molar-refractivity contribution in [3.05, 3.63) is 87.9 Å². The van der Waals surface area contributed by atoms with E-state index in [2.05, 4.69) is 10.1 Å². The Hall–Kier alpha value is -3.07. The molecule has 7 nitrogen and oxygen atoms in total. The maximum Gasteiger partial charge on any atom is 0.337 e. The van der Waals surface area contributed by atoms with Gasteiger partial charge in [-0.15, -0.1) is 0 Å². The van der Waals surface area contributed by atoms with E-state index in [9.17, 15) is 18.0 Å². The second-order valence-electron chi connectivity index (χ2n) is 7.07. The zero-order valence-electron chi connectivity index (χ0n) is 17.7. The standard InChI is InChI=1S/C23H20Cl2N2O5S/c1-15-3-9-21(10-4-15)33(30,31)27(20-12-17(24)11-18(25)13-20)14-22(28)26-19-7-5-16(6-8-19)23(29)32-2/h3-13H,14H2,1-2H3,(H,26,28). The molecule has 33 heavy (non-hydrogen) atoms. The fraction of sp³-hybridized carbons (Fsp3) is 0.130. The number of benzene rings is 3. The summed E-state index contributed by atoms with van der Waals surface area (Å²) in [5.41, 5.74) is 1.72. The molecule has 0 aromatic heterocycles. The molecule has 0 spiro atoms. The fourth-order valence-corrected chi connectivity index (χ4v) is 4.89. The van der Waals surface area contributed by atoms with E-state index in [4.69, 9.17) is 23.2 Å². The summed E-state index contributed by atoms with van der Waals surface area (Å²) < 4.78 is 32.4. The molecule has 172 valence electrons. The third kappa shape index (κ3) is 6.04. The fourth-order valence-electron chi connectivity index (χ4n) is 2.97. The summed E-state index contributed by atoms with van der Waals surface area (Å²) in [5, 5.41) is 3.07. The Balaban J connectivity index is 1.92. The first-order valence-electron chi connectivity index (χ1n) is 9.64. The molecule has 1 N–H and O–H groups in total. The molecule has 0 saturated carbocycles. The van der Waals surface area contributed by atoms with Gasteiger partial charge in [-0.05, 0) is 61.5 Å². The molecule has 0 bridgehead atoms. The van der Waals surface area contributed by atoms with Gasteiger partial charge in [0, 0.05) is 15.7 Å². The zero-order chi connectivity index (χ0) is 24.2. The number of nitrogens with zero attached hydrogens (tertiary/aromatic N) is 1. The average Bonchev–Trinajstić information content (AvgIpc) is 2.77. The monoisotopic (exact) mass is 506 g/mol. The van der Waals surface area contributed by atoms with Crippen molar-refractivity contribution in [3.8, 4) is 0 Å². The molecule has 0 atom stereocenters. The maximum atomic E-state index is 13.4. The van der Waals surface area contributed by atoms with Gasteiger partial charge in [0.05, 0.1) is 23.3 Å². The molecule has 0 aliphatic rings. The van der Waals surface area contributed by atoms with E-state index < -0.39 is 28.4 Å². The summed E-state index contributed by atoms with van der Waals surface area (Å²) in [5.74, 6) is -1.12. The van der Waals surface area contributed by atoms with Crippen LogP contribution in [0.2, 0.25) is 10.0 Å². The third-order valence-electron chi connectivity index (χ3n) is 4.62. The second kappa shape index (κ2) is 10.2. The van der Waals surface area contributed by atoms with E-state index in [1.807, 2.05) is 6.92 Å². The van der Waals surface area contributed by atoms with E-state index in [1.165, 1.54) is 61.7 Å². The number of amides is 1. The van der Waals surface area contributed by atoms with Crippen LogP contribution >= 0.6 is 23.2 Å². The number of sulfonamides is 1. The summed E-state index contributed by atoms with van der Waals surface area (Å²) in [7, 11) is -2.85. The normalized spacial score (nSPS) is 11.0. The third-order valence-corrected chi connectivity index (χ3v) is 6.85. The minimum atomic E-state index is -4.12. The quantitative estimate of drug-likeness (QED) is 0.459. The summed E-state index contributed by atoms with van der Waals surface area (Å²) in [6.07, 6.45) is 0. The van der Waals surface area contributed by atoms with Crippen molar-refractivity contribution in [2.24, 2.45) is 0 Å². The lowest BCUT2D eigenvalue weighted by atomic mass is 10.2. The van der Waals surface area contributed by atoms with Gasteiger partial charge in [0.1, 0.15) is 6.54 Å². The number of hydrogen-bond acceptors (Lipinski definition) is 5. The van der Waals surface area contributed by atoms with Crippen LogP contribution in [0, 0.1) is 6.92 Å². The van der Waals surface area contributed by atoms with E-state index in [0.717, 1.165) is 9.87 Å². The number of rotatable bonds is 7. The highest BCUT2D eigenvalue weighted by Crippen LogP contribution is 2.30. The number of esters is 1. The van der Waals surface area contributed by atoms with E-state index in [1.54, 1.807) is 12.1 Å². The number of methoxy groups -OCH3 is 1. The SMILES string of the molecule is COC(=O)c1ccc(NC(=O)CN(c2cc(Cl)cc(Cl)c2)S(=O)(=O)c2ccc(C)cc2)cc1. The van der Waals surface area contributed by atoms with Crippen molar-refractivity contribution in [3.63, 3.8) is 0 Å². The van der Waals surface area contributed by atoms with Crippen molar-refractivity contribution in [1.82, 2.24) is 0 Å². The van der Waals surface area contributed by atoms with Crippen LogP contribution in [0.25, 0.3) is 0 Å². The lowest BCUT2D eigenvalue weighted by Gasteiger charge is -2.24. The summed E-state index contributed by atoms with van der Waals surface area (Å²) in [6, 6.07) is 16.6. The van der Waals surface area contributed by atoms with Crippen molar-refractivity contribution in [2.75, 3.05) is 23.3 Å². The molecule has 3 aromatic rings. The van der Waals surface area contributed by atoms with Gasteiger partial charge in [-0.2, -0.15) is 0 Å². The van der Waals surface area contributed by atoms with Gasteiger partial charge < -0.3 is 10.1 Å². The number of ether oxygens (including phenoxy) is 1. The van der Waals surface area contributed by atoms with Gasteiger partial charge in [0.25, 0.3) is 10.0 Å². The summed E-state index contributed by atoms with van der Waals surface area (Å²) in [6.45, 7) is 1.30. The highest BCUT2D eigenvalue weighted by molar-refractivity contribution is 7.92. The van der Waals surface area contributed by atoms with Crippen molar-refractivity contribution in [1.29, 1.82) is 0 Å². The van der Waals surface area contributed by atoms with Gasteiger partial charge >= 0.3 is 5.97 Å². The first-order chi connectivity index (χ1) is 15.6. The van der Waals surface area contributed by atoms with Crippen molar-refractivity contribution < 1.29 is 22.7 Å². The Labute approximate surface area is 201 Å². The van der Waals surface area contributed by atoms with Crippen LogP contribution in [0.15, 0.2) is 71.6 Å². The summed E-state index contributed by atoms with van der Waals surface area (Å²) in [4.78, 5) is 24.4. The second-order valence-corrected chi connectivity index (χ2v) is 9.80. The molecule has 0 radical (unpaired) electrons. The Morgan fingerprint density at radius 1 is 0.939 bits per heavy atom. The Kier molecular flexibility index (Phi) is 7.63. The molecule has 3 aromatic carbocycles. The van der Waals surface area contributed by atoms with E-state index in [-0.39, 0.29) is 20.6 Å². The topological polar surface area (TPSA) is 92.8 Å². The van der Waals surface area contributed by atoms with Gasteiger partial charge in [0.15, 0.2) is 0 Å². The predicted molar refractivity (Wildman–Crippen MR) is 129 cm³/mol. The molecular weight excluding hydrogens is 487 g/mol. The predicted octanol–water partition coefficient (Wildman–Crippen LogP) is 4.92. The van der Waals surface area contributed by atoms with Gasteiger partial charge in [-0.1, -0.05) is 40.9 Å². The largest absolute Gasteiger partial charge is 0.465 e. The number of carbonyl (C=O) groups is 2. The molecule has 0 unspecified atom stereocenters. The number of nitrogens with one attached hydrogen (secondary N) is 1. The minimum absolute atomic E-state index is 0.0134. The molecule has 0 aliphatic carbocycles. The van der Waals surface area contributed by atoms with Crippen molar-refractivity contribution in [2.45, 2.75) is 11.8 Å². The average molecular weight is 507 g/mol. The van der Waals surface area contributed by atoms with Crippen LogP contribution in [0.5, 0.6) is 0 Å². The molecule has 0 fully saturated rings. The highest BCUT2D eigenvalue weighted by atomic mass is 35.5. The maximum absolute atomic E-state index is 13.4. The molecule has 0 aliphatic heterocycles. The van der Waals surface area contributed by atoms with Gasteiger partial charge in [0.2, 0.25) is 5.91 Å². The van der Waals surface area contributed by atoms with Gasteiger partial charge in [-0.3, -0.25) is 9.10 Å². The Bertz CT molecular complexity index is 1260. The van der Waals surface area contributed by atoms with E-state index in [0.29, 0.717) is 11.3 Å². The van der Waals surface area contributed by atoms with Crippen LogP contribution in [0.3, 0.4) is 0 Å². The zero-order valence-corrected chi connectivity index (χ0v) is 20.0. The molecule has 10 heteroatoms. The van der Waals surface area contributed by atoms with Crippen LogP contribution in [0.4, 0.5) is 11.4 Å². The molecular formula is C23H20Cl2N2O5S. The Morgan fingerprint density at radius 2 is 1.52 bits per heavy atom. The number of carbonyl (C=O) groups excluding carboxylic acids is 2. The molecule has 0 heterocycles. The lowest BCUT2D eigenvalue weighted by molar-refractivity contribution is -0.114. The van der Waals surface area contributed by atoms with Crippen LogP contribution < -0.4 is 9.62 Å². The van der Waals surface area contributed by atoms with Gasteiger partial charge in [-0.25, -0.2) is 13.2 Å². The van der Waals surface area contributed by atoms with Crippen LogP contribution in [-0.2, 0) is 19.6 Å². The number of halogens is 2.